The summed E-state index contributed by atoms with van der Waals surface area (Å²) in [5.74, 6) is 0. The Morgan fingerprint density at radius 1 is 1.05 bits per heavy atom. The van der Waals surface area contributed by atoms with Crippen LogP contribution >= 0.6 is 0 Å². The molecule has 2 aliphatic heterocycles. The summed E-state index contributed by atoms with van der Waals surface area (Å²) < 4.78 is 0. The SMILES string of the molecule is CC(C)(C#N)CCN1CCC(N2CCCCC2)CC1. The van der Waals surface area contributed by atoms with Crippen LogP contribution in [0.3, 0.4) is 0 Å². The van der Waals surface area contributed by atoms with Crippen molar-refractivity contribution in [3.63, 3.8) is 0 Å². The summed E-state index contributed by atoms with van der Waals surface area (Å²) in [5, 5.41) is 9.06. The number of likely N-dealkylation sites (tertiary alicyclic amines) is 2. The molecule has 19 heavy (non-hydrogen) atoms. The third-order valence-corrected chi connectivity index (χ3v) is 4.82. The zero-order valence-corrected chi connectivity index (χ0v) is 12.7. The zero-order chi connectivity index (χ0) is 13.7. The molecule has 2 rings (SSSR count). The molecule has 3 heteroatoms. The number of nitrogens with zero attached hydrogens (tertiary/aromatic N) is 3. The third-order valence-electron chi connectivity index (χ3n) is 4.82. The first-order chi connectivity index (χ1) is 9.11. The number of piperidine rings is 2. The van der Waals surface area contributed by atoms with E-state index in [2.05, 4.69) is 15.9 Å². The van der Waals surface area contributed by atoms with Crippen molar-refractivity contribution in [3.8, 4) is 6.07 Å². The monoisotopic (exact) mass is 263 g/mol. The fourth-order valence-electron chi connectivity index (χ4n) is 3.29. The largest absolute Gasteiger partial charge is 0.303 e. The topological polar surface area (TPSA) is 30.3 Å². The van der Waals surface area contributed by atoms with Crippen molar-refractivity contribution in [2.45, 2.75) is 58.4 Å². The lowest BCUT2D eigenvalue weighted by molar-refractivity contribution is 0.0890. The molecular weight excluding hydrogens is 234 g/mol. The molecule has 2 fully saturated rings. The van der Waals surface area contributed by atoms with Gasteiger partial charge in [0.2, 0.25) is 0 Å². The standard InChI is InChI=1S/C16H29N3/c1-16(2,14-17)8-13-18-11-6-15(7-12-18)19-9-4-3-5-10-19/h15H,3-13H2,1-2H3. The zero-order valence-electron chi connectivity index (χ0n) is 12.7. The van der Waals surface area contributed by atoms with Crippen LogP contribution < -0.4 is 0 Å². The fraction of sp³-hybridized carbons (Fsp3) is 0.938. The van der Waals surface area contributed by atoms with E-state index >= 15 is 0 Å². The lowest BCUT2D eigenvalue weighted by Gasteiger charge is -2.40. The average Bonchev–Trinajstić information content (AvgIpc) is 2.47. The van der Waals surface area contributed by atoms with Crippen LogP contribution in [-0.2, 0) is 0 Å². The minimum atomic E-state index is -0.163. The first-order valence-corrected chi connectivity index (χ1v) is 7.98. The molecule has 0 amide bonds. The van der Waals surface area contributed by atoms with Crippen molar-refractivity contribution in [1.29, 1.82) is 5.26 Å². The summed E-state index contributed by atoms with van der Waals surface area (Å²) in [4.78, 5) is 5.28. The van der Waals surface area contributed by atoms with E-state index in [0.717, 1.165) is 19.0 Å². The van der Waals surface area contributed by atoms with Gasteiger partial charge in [-0.2, -0.15) is 5.26 Å². The summed E-state index contributed by atoms with van der Waals surface area (Å²) in [5.41, 5.74) is -0.163. The molecule has 0 spiro atoms. The van der Waals surface area contributed by atoms with Crippen LogP contribution in [0.2, 0.25) is 0 Å². The Morgan fingerprint density at radius 2 is 1.68 bits per heavy atom. The summed E-state index contributed by atoms with van der Waals surface area (Å²) >= 11 is 0. The molecule has 108 valence electrons. The van der Waals surface area contributed by atoms with E-state index in [1.54, 1.807) is 0 Å². The molecule has 3 nitrogen and oxygen atoms in total. The third kappa shape index (κ3) is 4.47. The quantitative estimate of drug-likeness (QED) is 0.781. The molecule has 0 radical (unpaired) electrons. The van der Waals surface area contributed by atoms with E-state index in [1.807, 2.05) is 13.8 Å². The molecule has 0 aromatic rings. The Kier molecular flexibility index (Phi) is 5.24. The number of rotatable bonds is 4. The van der Waals surface area contributed by atoms with E-state index in [0.29, 0.717) is 0 Å². The van der Waals surface area contributed by atoms with Gasteiger partial charge in [-0.15, -0.1) is 0 Å². The normalized spacial score (nSPS) is 24.3. The maximum absolute atomic E-state index is 9.06. The Balaban J connectivity index is 1.69. The van der Waals surface area contributed by atoms with E-state index in [1.165, 1.54) is 58.3 Å². The Bertz CT molecular complexity index is 304. The van der Waals surface area contributed by atoms with Gasteiger partial charge in [-0.25, -0.2) is 0 Å². The van der Waals surface area contributed by atoms with Gasteiger partial charge in [-0.05, 0) is 78.7 Å². The average molecular weight is 263 g/mol. The first kappa shape index (κ1) is 14.8. The van der Waals surface area contributed by atoms with Gasteiger partial charge in [-0.1, -0.05) is 6.42 Å². The van der Waals surface area contributed by atoms with Crippen molar-refractivity contribution in [1.82, 2.24) is 9.80 Å². The van der Waals surface area contributed by atoms with Crippen molar-refractivity contribution in [2.24, 2.45) is 5.41 Å². The minimum Gasteiger partial charge on any atom is -0.303 e. The van der Waals surface area contributed by atoms with E-state index in [9.17, 15) is 0 Å². The molecule has 2 aliphatic rings. The van der Waals surface area contributed by atoms with Crippen molar-refractivity contribution in [3.05, 3.63) is 0 Å². The highest BCUT2D eigenvalue weighted by molar-refractivity contribution is 4.92. The van der Waals surface area contributed by atoms with Crippen LogP contribution in [0.1, 0.15) is 52.4 Å². The molecule has 0 aromatic carbocycles. The highest BCUT2D eigenvalue weighted by atomic mass is 15.2. The summed E-state index contributed by atoms with van der Waals surface area (Å²) in [6.07, 6.45) is 7.88. The van der Waals surface area contributed by atoms with E-state index in [-0.39, 0.29) is 5.41 Å². The summed E-state index contributed by atoms with van der Waals surface area (Å²) in [6.45, 7) is 10.3. The van der Waals surface area contributed by atoms with Gasteiger partial charge < -0.3 is 9.80 Å². The van der Waals surface area contributed by atoms with Crippen LogP contribution in [0.25, 0.3) is 0 Å². The highest BCUT2D eigenvalue weighted by Crippen LogP contribution is 2.23. The van der Waals surface area contributed by atoms with Gasteiger partial charge >= 0.3 is 0 Å². The Labute approximate surface area is 118 Å². The summed E-state index contributed by atoms with van der Waals surface area (Å²) in [6, 6.07) is 3.24. The lowest BCUT2D eigenvalue weighted by atomic mass is 9.90. The Hall–Kier alpha value is -0.590. The van der Waals surface area contributed by atoms with Gasteiger partial charge in [0.05, 0.1) is 11.5 Å². The number of hydrogen-bond donors (Lipinski definition) is 0. The smallest absolute Gasteiger partial charge is 0.0684 e. The molecule has 2 saturated heterocycles. The van der Waals surface area contributed by atoms with Gasteiger partial charge in [0.1, 0.15) is 0 Å². The maximum atomic E-state index is 9.06. The second-order valence-corrected chi connectivity index (χ2v) is 6.92. The van der Waals surface area contributed by atoms with Crippen LogP contribution in [-0.4, -0.2) is 48.6 Å². The predicted octanol–water partition coefficient (Wildman–Crippen LogP) is 2.88. The molecule has 0 aromatic heterocycles. The molecule has 0 unspecified atom stereocenters. The summed E-state index contributed by atoms with van der Waals surface area (Å²) in [7, 11) is 0. The number of nitriles is 1. The molecule has 2 heterocycles. The molecule has 0 aliphatic carbocycles. The van der Waals surface area contributed by atoms with Crippen molar-refractivity contribution < 1.29 is 0 Å². The van der Waals surface area contributed by atoms with Gasteiger partial charge in [-0.3, -0.25) is 0 Å². The van der Waals surface area contributed by atoms with Crippen molar-refractivity contribution >= 4 is 0 Å². The second kappa shape index (κ2) is 6.72. The van der Waals surface area contributed by atoms with Crippen molar-refractivity contribution in [2.75, 3.05) is 32.7 Å². The molecule has 0 atom stereocenters. The lowest BCUT2D eigenvalue weighted by Crippen LogP contribution is -2.47. The molecular formula is C16H29N3. The van der Waals surface area contributed by atoms with Gasteiger partial charge in [0.15, 0.2) is 0 Å². The Morgan fingerprint density at radius 3 is 2.26 bits per heavy atom. The van der Waals surface area contributed by atoms with E-state index < -0.39 is 0 Å². The fourth-order valence-corrected chi connectivity index (χ4v) is 3.29. The van der Waals surface area contributed by atoms with Gasteiger partial charge in [0.25, 0.3) is 0 Å². The molecule has 0 bridgehead atoms. The minimum absolute atomic E-state index is 0.163. The maximum Gasteiger partial charge on any atom is 0.0684 e. The van der Waals surface area contributed by atoms with Crippen LogP contribution in [0, 0.1) is 16.7 Å². The molecule has 0 N–H and O–H groups in total. The highest BCUT2D eigenvalue weighted by Gasteiger charge is 2.26. The van der Waals surface area contributed by atoms with Crippen LogP contribution in [0.4, 0.5) is 0 Å². The molecule has 0 saturated carbocycles. The predicted molar refractivity (Wildman–Crippen MR) is 78.9 cm³/mol. The first-order valence-electron chi connectivity index (χ1n) is 7.98. The van der Waals surface area contributed by atoms with Crippen LogP contribution in [0.15, 0.2) is 0 Å². The second-order valence-electron chi connectivity index (χ2n) is 6.92. The van der Waals surface area contributed by atoms with Crippen LogP contribution in [0.5, 0.6) is 0 Å². The van der Waals surface area contributed by atoms with Gasteiger partial charge in [0, 0.05) is 6.04 Å². The number of hydrogen-bond acceptors (Lipinski definition) is 3. The van der Waals surface area contributed by atoms with E-state index in [4.69, 9.17) is 5.26 Å².